The summed E-state index contributed by atoms with van der Waals surface area (Å²) in [5.74, 6) is 2.61. The van der Waals surface area contributed by atoms with Crippen LogP contribution in [0.2, 0.25) is 0 Å². The second kappa shape index (κ2) is 9.69. The fraction of sp³-hybridized carbons (Fsp3) is 0.852. The Labute approximate surface area is 200 Å². The van der Waals surface area contributed by atoms with Gasteiger partial charge in [0.1, 0.15) is 0 Å². The summed E-state index contributed by atoms with van der Waals surface area (Å²) in [7, 11) is 1.76. The van der Waals surface area contributed by atoms with Crippen molar-refractivity contribution in [2.24, 2.45) is 39.7 Å². The SMILES string of the molecule is CCNCCN(C)C(=O)O/N=C(\C)[C@H]1CC[C@H]2[C@@H]3CCC4=C[C@@H](O)CC[C@]4(C)[C@H]3CC[C@]12C. The van der Waals surface area contributed by atoms with E-state index in [4.69, 9.17) is 4.84 Å². The van der Waals surface area contributed by atoms with Crippen molar-refractivity contribution >= 4 is 11.8 Å². The number of nitrogens with one attached hydrogen (secondary N) is 1. The van der Waals surface area contributed by atoms with Crippen LogP contribution in [0.3, 0.4) is 0 Å². The van der Waals surface area contributed by atoms with Crippen LogP contribution in [0.15, 0.2) is 16.8 Å². The van der Waals surface area contributed by atoms with Gasteiger partial charge >= 0.3 is 6.09 Å². The van der Waals surface area contributed by atoms with Gasteiger partial charge in [0, 0.05) is 26.1 Å². The Kier molecular flexibility index (Phi) is 7.26. The Morgan fingerprint density at radius 2 is 2.00 bits per heavy atom. The molecule has 6 heteroatoms. The number of allylic oxidation sites excluding steroid dienone is 1. The third-order valence-corrected chi connectivity index (χ3v) is 10.0. The monoisotopic (exact) mass is 459 g/mol. The lowest BCUT2D eigenvalue weighted by atomic mass is 9.46. The van der Waals surface area contributed by atoms with Gasteiger partial charge in [-0.05, 0) is 93.4 Å². The van der Waals surface area contributed by atoms with Crippen molar-refractivity contribution in [1.82, 2.24) is 10.2 Å². The summed E-state index contributed by atoms with van der Waals surface area (Å²) in [5, 5.41) is 17.8. The number of hydrogen-bond acceptors (Lipinski definition) is 5. The first-order valence-corrected chi connectivity index (χ1v) is 13.3. The number of fused-ring (bicyclic) bond motifs is 5. The largest absolute Gasteiger partial charge is 0.435 e. The minimum Gasteiger partial charge on any atom is -0.389 e. The van der Waals surface area contributed by atoms with Gasteiger partial charge in [-0.3, -0.25) is 4.84 Å². The van der Waals surface area contributed by atoms with E-state index >= 15 is 0 Å². The number of hydrogen-bond donors (Lipinski definition) is 2. The average molecular weight is 460 g/mol. The maximum Gasteiger partial charge on any atom is 0.435 e. The average Bonchev–Trinajstić information content (AvgIpc) is 3.15. The van der Waals surface area contributed by atoms with Gasteiger partial charge in [0.2, 0.25) is 0 Å². The molecule has 0 unspecified atom stereocenters. The van der Waals surface area contributed by atoms with Crippen LogP contribution >= 0.6 is 0 Å². The van der Waals surface area contributed by atoms with Crippen molar-refractivity contribution in [2.45, 2.75) is 85.2 Å². The quantitative estimate of drug-likeness (QED) is 0.193. The van der Waals surface area contributed by atoms with Gasteiger partial charge in [0.15, 0.2) is 0 Å². The first-order chi connectivity index (χ1) is 15.7. The molecule has 3 saturated carbocycles. The van der Waals surface area contributed by atoms with Crippen molar-refractivity contribution in [1.29, 1.82) is 0 Å². The summed E-state index contributed by atoms with van der Waals surface area (Å²) in [6.45, 7) is 11.3. The highest BCUT2D eigenvalue weighted by Crippen LogP contribution is 2.66. The summed E-state index contributed by atoms with van der Waals surface area (Å²) in [6, 6.07) is 0. The summed E-state index contributed by atoms with van der Waals surface area (Å²) < 4.78 is 0. The number of aliphatic hydroxyl groups is 1. The van der Waals surface area contributed by atoms with E-state index in [2.05, 4.69) is 44.2 Å². The summed E-state index contributed by atoms with van der Waals surface area (Å²) in [4.78, 5) is 19.3. The van der Waals surface area contributed by atoms with Gasteiger partial charge in [0.25, 0.3) is 0 Å². The smallest absolute Gasteiger partial charge is 0.389 e. The van der Waals surface area contributed by atoms with Crippen molar-refractivity contribution in [3.05, 3.63) is 11.6 Å². The maximum absolute atomic E-state index is 12.3. The van der Waals surface area contributed by atoms with Gasteiger partial charge < -0.3 is 15.3 Å². The fourth-order valence-corrected chi connectivity index (χ4v) is 8.16. The summed E-state index contributed by atoms with van der Waals surface area (Å²) in [5.41, 5.74) is 3.03. The third-order valence-electron chi connectivity index (χ3n) is 10.0. The number of nitrogens with zero attached hydrogens (tertiary/aromatic N) is 2. The zero-order chi connectivity index (χ0) is 23.8. The van der Waals surface area contributed by atoms with E-state index < -0.39 is 0 Å². The lowest BCUT2D eigenvalue weighted by Gasteiger charge is -2.58. The first-order valence-electron chi connectivity index (χ1n) is 13.3. The number of aliphatic hydroxyl groups excluding tert-OH is 1. The highest BCUT2D eigenvalue weighted by molar-refractivity contribution is 5.85. The third kappa shape index (κ3) is 4.50. The van der Waals surface area contributed by atoms with Gasteiger partial charge in [-0.15, -0.1) is 0 Å². The molecule has 0 heterocycles. The molecule has 7 atom stereocenters. The Balaban J connectivity index is 1.43. The second-order valence-electron chi connectivity index (χ2n) is 11.7. The molecule has 4 rings (SSSR count). The Morgan fingerprint density at radius 3 is 2.76 bits per heavy atom. The number of carbonyl (C=O) groups excluding carboxylic acids is 1. The van der Waals surface area contributed by atoms with E-state index in [0.29, 0.717) is 12.5 Å². The van der Waals surface area contributed by atoms with Crippen molar-refractivity contribution in [3.63, 3.8) is 0 Å². The van der Waals surface area contributed by atoms with E-state index in [1.54, 1.807) is 11.9 Å². The highest BCUT2D eigenvalue weighted by Gasteiger charge is 2.59. The number of likely N-dealkylation sites (N-methyl/N-ethyl adjacent to an activating group) is 2. The molecule has 4 aliphatic rings. The van der Waals surface area contributed by atoms with Crippen LogP contribution in [0.25, 0.3) is 0 Å². The predicted octanol–water partition coefficient (Wildman–Crippen LogP) is 4.98. The molecule has 6 nitrogen and oxygen atoms in total. The molecule has 4 aliphatic carbocycles. The molecule has 0 aromatic heterocycles. The molecular weight excluding hydrogens is 414 g/mol. The van der Waals surface area contributed by atoms with Gasteiger partial charge in [-0.1, -0.05) is 37.6 Å². The zero-order valence-electron chi connectivity index (χ0n) is 21.4. The van der Waals surface area contributed by atoms with Crippen LogP contribution in [0.1, 0.15) is 79.1 Å². The molecule has 33 heavy (non-hydrogen) atoms. The second-order valence-corrected chi connectivity index (χ2v) is 11.7. The summed E-state index contributed by atoms with van der Waals surface area (Å²) in [6.07, 6.45) is 10.9. The molecule has 0 aromatic rings. The van der Waals surface area contributed by atoms with Crippen LogP contribution < -0.4 is 5.32 Å². The first kappa shape index (κ1) is 24.7. The van der Waals surface area contributed by atoms with Gasteiger partial charge in [-0.2, -0.15) is 0 Å². The van der Waals surface area contributed by atoms with E-state index in [9.17, 15) is 9.90 Å². The Hall–Kier alpha value is -1.40. The number of carbonyl (C=O) groups is 1. The van der Waals surface area contributed by atoms with Crippen LogP contribution in [0.5, 0.6) is 0 Å². The van der Waals surface area contributed by atoms with Crippen LogP contribution in [0, 0.1) is 34.5 Å². The van der Waals surface area contributed by atoms with Crippen molar-refractivity contribution < 1.29 is 14.7 Å². The lowest BCUT2D eigenvalue weighted by molar-refractivity contribution is -0.0479. The molecule has 0 aliphatic heterocycles. The Bertz CT molecular complexity index is 795. The van der Waals surface area contributed by atoms with E-state index in [0.717, 1.165) is 62.2 Å². The van der Waals surface area contributed by atoms with Crippen LogP contribution in [-0.2, 0) is 4.84 Å². The molecule has 0 saturated heterocycles. The molecule has 0 bridgehead atoms. The zero-order valence-corrected chi connectivity index (χ0v) is 21.4. The predicted molar refractivity (Wildman–Crippen MR) is 132 cm³/mol. The molecule has 1 amide bonds. The molecule has 0 radical (unpaired) electrons. The number of rotatable bonds is 6. The maximum atomic E-state index is 12.3. The van der Waals surface area contributed by atoms with Crippen molar-refractivity contribution in [3.8, 4) is 0 Å². The van der Waals surface area contributed by atoms with E-state index in [1.807, 2.05) is 0 Å². The van der Waals surface area contributed by atoms with E-state index in [-0.39, 0.29) is 23.0 Å². The van der Waals surface area contributed by atoms with Crippen molar-refractivity contribution in [2.75, 3.05) is 26.7 Å². The van der Waals surface area contributed by atoms with Gasteiger partial charge in [0.05, 0.1) is 11.8 Å². The van der Waals surface area contributed by atoms with E-state index in [1.165, 1.54) is 31.3 Å². The van der Waals surface area contributed by atoms with Crippen LogP contribution in [-0.4, -0.2) is 54.6 Å². The molecular formula is C27H45N3O3. The summed E-state index contributed by atoms with van der Waals surface area (Å²) >= 11 is 0. The highest BCUT2D eigenvalue weighted by atomic mass is 16.7. The molecule has 0 spiro atoms. The topological polar surface area (TPSA) is 74.2 Å². The standard InChI is InChI=1S/C27H45N3O3/c1-6-28-15-16-30(5)25(32)33-29-18(2)22-9-10-23-21-8-7-19-17-20(31)11-13-26(19,3)24(21)12-14-27(22,23)4/h17,20-24,28,31H,6-16H2,1-5H3/b29-18+/t20-,21-,22+,23-,24-,26-,27+/m0/s1. The lowest BCUT2D eigenvalue weighted by Crippen LogP contribution is -2.51. The minimum absolute atomic E-state index is 0.238. The molecule has 186 valence electrons. The fourth-order valence-electron chi connectivity index (χ4n) is 8.16. The Morgan fingerprint density at radius 1 is 1.21 bits per heavy atom. The van der Waals surface area contributed by atoms with Gasteiger partial charge in [-0.25, -0.2) is 4.79 Å². The number of amides is 1. The molecule has 3 fully saturated rings. The minimum atomic E-state index is -0.380. The molecule has 0 aromatic carbocycles. The molecule has 2 N–H and O–H groups in total. The number of oxime groups is 1. The normalized spacial score (nSPS) is 40.4. The van der Waals surface area contributed by atoms with Crippen LogP contribution in [0.4, 0.5) is 4.79 Å².